The molecule has 0 spiro atoms. The number of thioether (sulfide) groups is 1. The first-order valence-electron chi connectivity index (χ1n) is 6.56. The third kappa shape index (κ3) is 2.53. The first-order chi connectivity index (χ1) is 9.65. The van der Waals surface area contributed by atoms with Gasteiger partial charge < -0.3 is 14.4 Å². The number of hydrogen-bond donors (Lipinski definition) is 1. The van der Waals surface area contributed by atoms with Gasteiger partial charge in [0, 0.05) is 6.61 Å². The highest BCUT2D eigenvalue weighted by Gasteiger charge is 2.23. The molecule has 1 aliphatic heterocycles. The molecular weight excluding hydrogens is 276 g/mol. The van der Waals surface area contributed by atoms with Gasteiger partial charge in [-0.3, -0.25) is 4.79 Å². The Kier molecular flexibility index (Phi) is 3.67. The summed E-state index contributed by atoms with van der Waals surface area (Å²) in [4.78, 5) is 15.4. The number of aryl methyl sites for hydroxylation is 1. The molecule has 1 saturated heterocycles. The Bertz CT molecular complexity index is 647. The van der Waals surface area contributed by atoms with Gasteiger partial charge in [0.15, 0.2) is 5.16 Å². The zero-order valence-electron chi connectivity index (χ0n) is 11.2. The second-order valence-corrected chi connectivity index (χ2v) is 5.90. The molecule has 3 rings (SSSR count). The molecule has 2 heterocycles. The SMILES string of the molecule is Cc1ccc2c(c1)nc(SCC(=O)O)n2C1CCOC1. The summed E-state index contributed by atoms with van der Waals surface area (Å²) < 4.78 is 7.59. The Morgan fingerprint density at radius 3 is 3.15 bits per heavy atom. The summed E-state index contributed by atoms with van der Waals surface area (Å²) in [5.41, 5.74) is 3.13. The molecule has 0 bridgehead atoms. The average molecular weight is 292 g/mol. The number of carboxylic acid groups (broad SMARTS) is 1. The second-order valence-electron chi connectivity index (χ2n) is 4.96. The van der Waals surface area contributed by atoms with Crippen molar-refractivity contribution in [3.8, 4) is 0 Å². The monoisotopic (exact) mass is 292 g/mol. The van der Waals surface area contributed by atoms with Gasteiger partial charge in [-0.2, -0.15) is 0 Å². The molecule has 0 amide bonds. The van der Waals surface area contributed by atoms with Gasteiger partial charge in [-0.05, 0) is 31.0 Å². The van der Waals surface area contributed by atoms with E-state index in [1.807, 2.05) is 13.0 Å². The van der Waals surface area contributed by atoms with Crippen LogP contribution < -0.4 is 0 Å². The number of carboxylic acids is 1. The molecule has 0 radical (unpaired) electrons. The third-order valence-corrected chi connectivity index (χ3v) is 4.35. The lowest BCUT2D eigenvalue weighted by molar-refractivity contribution is -0.133. The molecular formula is C14H16N2O3S. The minimum absolute atomic E-state index is 0.0237. The fourth-order valence-corrected chi connectivity index (χ4v) is 3.30. The van der Waals surface area contributed by atoms with E-state index in [4.69, 9.17) is 9.84 Å². The zero-order valence-corrected chi connectivity index (χ0v) is 12.0. The first kappa shape index (κ1) is 13.5. The maximum atomic E-state index is 10.8. The molecule has 2 aromatic rings. The summed E-state index contributed by atoms with van der Waals surface area (Å²) in [6.45, 7) is 3.44. The largest absolute Gasteiger partial charge is 0.481 e. The van der Waals surface area contributed by atoms with Crippen molar-refractivity contribution in [3.63, 3.8) is 0 Å². The van der Waals surface area contributed by atoms with Gasteiger partial charge in [-0.15, -0.1) is 0 Å². The summed E-state index contributed by atoms with van der Waals surface area (Å²) >= 11 is 1.27. The van der Waals surface area contributed by atoms with Gasteiger partial charge in [0.1, 0.15) is 0 Å². The summed E-state index contributed by atoms with van der Waals surface area (Å²) in [6.07, 6.45) is 0.944. The van der Waals surface area contributed by atoms with Crippen LogP contribution in [0, 0.1) is 6.92 Å². The van der Waals surface area contributed by atoms with Crippen LogP contribution in [-0.2, 0) is 9.53 Å². The highest BCUT2D eigenvalue weighted by atomic mass is 32.2. The average Bonchev–Trinajstić information content (AvgIpc) is 3.01. The van der Waals surface area contributed by atoms with Crippen LogP contribution >= 0.6 is 11.8 Å². The molecule has 1 N–H and O–H groups in total. The van der Waals surface area contributed by atoms with Crippen LogP contribution in [0.2, 0.25) is 0 Å². The summed E-state index contributed by atoms with van der Waals surface area (Å²) in [5, 5.41) is 9.63. The first-order valence-corrected chi connectivity index (χ1v) is 7.54. The number of benzene rings is 1. The normalized spacial score (nSPS) is 18.8. The van der Waals surface area contributed by atoms with E-state index in [-0.39, 0.29) is 11.8 Å². The van der Waals surface area contributed by atoms with Crippen LogP contribution in [0.5, 0.6) is 0 Å². The molecule has 20 heavy (non-hydrogen) atoms. The van der Waals surface area contributed by atoms with Crippen molar-refractivity contribution in [1.29, 1.82) is 0 Å². The van der Waals surface area contributed by atoms with Gasteiger partial charge in [-0.1, -0.05) is 17.8 Å². The molecule has 1 atom stereocenters. The standard InChI is InChI=1S/C14H16N2O3S/c1-9-2-3-12-11(6-9)15-14(20-8-13(17)18)16(12)10-4-5-19-7-10/h2-3,6,10H,4-5,7-8H2,1H3,(H,17,18). The Hall–Kier alpha value is -1.53. The number of nitrogens with zero attached hydrogens (tertiary/aromatic N) is 2. The molecule has 1 unspecified atom stereocenters. The van der Waals surface area contributed by atoms with Gasteiger partial charge >= 0.3 is 5.97 Å². The number of aliphatic carboxylic acids is 1. The number of hydrogen-bond acceptors (Lipinski definition) is 4. The maximum absolute atomic E-state index is 10.8. The Morgan fingerprint density at radius 2 is 2.45 bits per heavy atom. The summed E-state index contributed by atoms with van der Waals surface area (Å²) in [5.74, 6) is -0.803. The number of aromatic nitrogens is 2. The zero-order chi connectivity index (χ0) is 14.1. The van der Waals surface area contributed by atoms with Crippen LogP contribution in [-0.4, -0.2) is 39.6 Å². The van der Waals surface area contributed by atoms with Crippen molar-refractivity contribution in [2.24, 2.45) is 0 Å². The van der Waals surface area contributed by atoms with Crippen LogP contribution in [0.25, 0.3) is 11.0 Å². The van der Waals surface area contributed by atoms with Crippen LogP contribution in [0.15, 0.2) is 23.4 Å². The van der Waals surface area contributed by atoms with E-state index in [9.17, 15) is 4.79 Å². The third-order valence-electron chi connectivity index (χ3n) is 3.41. The fourth-order valence-electron chi connectivity index (χ4n) is 2.49. The number of rotatable bonds is 4. The number of imidazole rings is 1. The minimum atomic E-state index is -0.826. The number of carbonyl (C=O) groups is 1. The van der Waals surface area contributed by atoms with Crippen LogP contribution in [0.4, 0.5) is 0 Å². The van der Waals surface area contributed by atoms with Gasteiger partial charge in [0.25, 0.3) is 0 Å². The fraction of sp³-hybridized carbons (Fsp3) is 0.429. The molecule has 1 aromatic carbocycles. The van der Waals surface area contributed by atoms with Crippen molar-refractivity contribution in [2.75, 3.05) is 19.0 Å². The predicted octanol–water partition coefficient (Wildman–Crippen LogP) is 2.48. The second kappa shape index (κ2) is 5.46. The molecule has 1 aromatic heterocycles. The van der Waals surface area contributed by atoms with Crippen molar-refractivity contribution in [3.05, 3.63) is 23.8 Å². The van der Waals surface area contributed by atoms with E-state index in [1.54, 1.807) is 0 Å². The van der Waals surface area contributed by atoms with Gasteiger partial charge in [0.2, 0.25) is 0 Å². The Balaban J connectivity index is 2.05. The number of fused-ring (bicyclic) bond motifs is 1. The van der Waals surface area contributed by atoms with Crippen LogP contribution in [0.1, 0.15) is 18.0 Å². The topological polar surface area (TPSA) is 64.3 Å². The van der Waals surface area contributed by atoms with E-state index in [1.165, 1.54) is 11.8 Å². The van der Waals surface area contributed by atoms with Crippen molar-refractivity contribution in [1.82, 2.24) is 9.55 Å². The lowest BCUT2D eigenvalue weighted by Gasteiger charge is -2.14. The van der Waals surface area contributed by atoms with Crippen molar-refractivity contribution >= 4 is 28.8 Å². The van der Waals surface area contributed by atoms with Gasteiger partial charge in [-0.25, -0.2) is 4.98 Å². The van der Waals surface area contributed by atoms with E-state index in [2.05, 4.69) is 21.7 Å². The summed E-state index contributed by atoms with van der Waals surface area (Å²) in [7, 11) is 0. The Labute approximate surface area is 120 Å². The quantitative estimate of drug-likeness (QED) is 0.877. The number of ether oxygens (including phenoxy) is 1. The van der Waals surface area contributed by atoms with E-state index < -0.39 is 5.97 Å². The van der Waals surface area contributed by atoms with Crippen LogP contribution in [0.3, 0.4) is 0 Å². The van der Waals surface area contributed by atoms with Crippen molar-refractivity contribution < 1.29 is 14.6 Å². The maximum Gasteiger partial charge on any atom is 0.313 e. The highest BCUT2D eigenvalue weighted by Crippen LogP contribution is 2.31. The van der Waals surface area contributed by atoms with E-state index >= 15 is 0 Å². The van der Waals surface area contributed by atoms with Gasteiger partial charge in [0.05, 0.1) is 29.4 Å². The van der Waals surface area contributed by atoms with Crippen molar-refractivity contribution in [2.45, 2.75) is 24.5 Å². The lowest BCUT2D eigenvalue weighted by atomic mass is 10.2. The van der Waals surface area contributed by atoms with E-state index in [0.717, 1.165) is 34.8 Å². The molecule has 106 valence electrons. The molecule has 1 fully saturated rings. The Morgan fingerprint density at radius 1 is 1.60 bits per heavy atom. The predicted molar refractivity (Wildman–Crippen MR) is 77.3 cm³/mol. The smallest absolute Gasteiger partial charge is 0.313 e. The van der Waals surface area contributed by atoms with E-state index in [0.29, 0.717) is 6.61 Å². The molecule has 0 saturated carbocycles. The molecule has 6 heteroatoms. The lowest BCUT2D eigenvalue weighted by Crippen LogP contribution is -2.10. The minimum Gasteiger partial charge on any atom is -0.481 e. The molecule has 0 aliphatic carbocycles. The molecule has 1 aliphatic rings. The molecule has 5 nitrogen and oxygen atoms in total. The summed E-state index contributed by atoms with van der Waals surface area (Å²) in [6, 6.07) is 6.40. The highest BCUT2D eigenvalue weighted by molar-refractivity contribution is 7.99.